The van der Waals surface area contributed by atoms with Crippen molar-refractivity contribution < 1.29 is 9.59 Å². The zero-order chi connectivity index (χ0) is 17.3. The van der Waals surface area contributed by atoms with E-state index in [9.17, 15) is 9.59 Å². The van der Waals surface area contributed by atoms with Gasteiger partial charge in [0, 0.05) is 28.7 Å². The van der Waals surface area contributed by atoms with Crippen molar-refractivity contribution in [2.24, 2.45) is 0 Å². The Bertz CT molecular complexity index is 821. The number of nitrogens with zero attached hydrogens (tertiary/aromatic N) is 1. The molecule has 2 aromatic carbocycles. The first-order valence-electron chi connectivity index (χ1n) is 7.63. The van der Waals surface area contributed by atoms with E-state index < -0.39 is 0 Å². The summed E-state index contributed by atoms with van der Waals surface area (Å²) in [5.41, 5.74) is 2.51. The molecule has 6 heteroatoms. The Morgan fingerprint density at radius 1 is 1.12 bits per heavy atom. The van der Waals surface area contributed by atoms with E-state index >= 15 is 0 Å². The van der Waals surface area contributed by atoms with Crippen LogP contribution in [0.3, 0.4) is 0 Å². The maximum absolute atomic E-state index is 12.7. The van der Waals surface area contributed by atoms with Crippen LogP contribution in [-0.4, -0.2) is 18.4 Å². The molecule has 2 amide bonds. The van der Waals surface area contributed by atoms with Gasteiger partial charge < -0.3 is 10.2 Å². The van der Waals surface area contributed by atoms with Crippen LogP contribution in [0.15, 0.2) is 36.4 Å². The van der Waals surface area contributed by atoms with Crippen molar-refractivity contribution in [3.05, 3.63) is 57.6 Å². The SMILES string of the molecule is Cc1cc(Cl)ccc1NC(=O)c1ccc(Cl)cc1N1CCCC1=O. The van der Waals surface area contributed by atoms with Crippen LogP contribution >= 0.6 is 23.2 Å². The quantitative estimate of drug-likeness (QED) is 0.861. The number of benzene rings is 2. The molecule has 4 nitrogen and oxygen atoms in total. The lowest BCUT2D eigenvalue weighted by molar-refractivity contribution is -0.117. The van der Waals surface area contributed by atoms with Gasteiger partial charge in [0.15, 0.2) is 0 Å². The second-order valence-corrected chi connectivity index (χ2v) is 6.60. The van der Waals surface area contributed by atoms with E-state index in [1.54, 1.807) is 41.3 Å². The molecular weight excluding hydrogens is 347 g/mol. The standard InChI is InChI=1S/C18H16Cl2N2O2/c1-11-9-12(19)5-7-15(11)21-18(24)14-6-4-13(20)10-16(14)22-8-2-3-17(22)23/h4-7,9-10H,2-3,8H2,1H3,(H,21,24). The van der Waals surface area contributed by atoms with E-state index in [2.05, 4.69) is 5.32 Å². The third kappa shape index (κ3) is 3.40. The molecule has 1 aliphatic rings. The molecule has 3 rings (SSSR count). The molecule has 124 valence electrons. The average Bonchev–Trinajstić information content (AvgIpc) is 2.96. The van der Waals surface area contributed by atoms with Crippen LogP contribution in [0, 0.1) is 6.92 Å². The van der Waals surface area contributed by atoms with Gasteiger partial charge in [-0.2, -0.15) is 0 Å². The van der Waals surface area contributed by atoms with E-state index in [-0.39, 0.29) is 11.8 Å². The molecule has 0 unspecified atom stereocenters. The smallest absolute Gasteiger partial charge is 0.257 e. The summed E-state index contributed by atoms with van der Waals surface area (Å²) in [5.74, 6) is -0.277. The van der Waals surface area contributed by atoms with Gasteiger partial charge in [0.05, 0.1) is 11.3 Å². The van der Waals surface area contributed by atoms with Crippen LogP contribution in [0.25, 0.3) is 0 Å². The highest BCUT2D eigenvalue weighted by atomic mass is 35.5. The summed E-state index contributed by atoms with van der Waals surface area (Å²) >= 11 is 12.0. The van der Waals surface area contributed by atoms with Crippen molar-refractivity contribution in [3.8, 4) is 0 Å². The van der Waals surface area contributed by atoms with E-state index in [0.29, 0.717) is 39.9 Å². The molecule has 0 atom stereocenters. The highest BCUT2D eigenvalue weighted by Crippen LogP contribution is 2.30. The Kier molecular flexibility index (Phi) is 4.78. The number of nitrogens with one attached hydrogen (secondary N) is 1. The van der Waals surface area contributed by atoms with Gasteiger partial charge in [-0.05, 0) is 55.3 Å². The van der Waals surface area contributed by atoms with Crippen LogP contribution in [-0.2, 0) is 4.79 Å². The molecule has 0 saturated carbocycles. The second-order valence-electron chi connectivity index (χ2n) is 5.72. The Balaban J connectivity index is 1.93. The Morgan fingerprint density at radius 2 is 1.83 bits per heavy atom. The predicted octanol–water partition coefficient (Wildman–Crippen LogP) is 4.68. The van der Waals surface area contributed by atoms with Crippen molar-refractivity contribution >= 4 is 46.4 Å². The fourth-order valence-corrected chi connectivity index (χ4v) is 3.17. The average molecular weight is 363 g/mol. The minimum atomic E-state index is -0.285. The number of carbonyl (C=O) groups is 2. The summed E-state index contributed by atoms with van der Waals surface area (Å²) in [6.07, 6.45) is 1.27. The number of carbonyl (C=O) groups excluding carboxylic acids is 2. The van der Waals surface area contributed by atoms with Gasteiger partial charge >= 0.3 is 0 Å². The van der Waals surface area contributed by atoms with Crippen molar-refractivity contribution in [2.75, 3.05) is 16.8 Å². The number of amides is 2. The molecule has 1 heterocycles. The molecule has 1 N–H and O–H groups in total. The Hall–Kier alpha value is -2.04. The summed E-state index contributed by atoms with van der Waals surface area (Å²) in [4.78, 5) is 26.4. The first-order chi connectivity index (χ1) is 11.5. The van der Waals surface area contributed by atoms with Gasteiger partial charge in [-0.1, -0.05) is 23.2 Å². The molecule has 0 aliphatic carbocycles. The van der Waals surface area contributed by atoms with Crippen LogP contribution in [0.4, 0.5) is 11.4 Å². The number of hydrogen-bond acceptors (Lipinski definition) is 2. The maximum atomic E-state index is 12.7. The minimum absolute atomic E-state index is 0.00832. The van der Waals surface area contributed by atoms with Crippen LogP contribution < -0.4 is 10.2 Å². The fourth-order valence-electron chi connectivity index (χ4n) is 2.78. The second kappa shape index (κ2) is 6.83. The lowest BCUT2D eigenvalue weighted by atomic mass is 10.1. The van der Waals surface area contributed by atoms with Crippen molar-refractivity contribution in [3.63, 3.8) is 0 Å². The molecule has 0 bridgehead atoms. The molecule has 1 aliphatic heterocycles. The van der Waals surface area contributed by atoms with Crippen LogP contribution in [0.1, 0.15) is 28.8 Å². The first-order valence-corrected chi connectivity index (χ1v) is 8.39. The van der Waals surface area contributed by atoms with Crippen molar-refractivity contribution in [1.29, 1.82) is 0 Å². The molecule has 24 heavy (non-hydrogen) atoms. The molecular formula is C18H16Cl2N2O2. The normalized spacial score (nSPS) is 14.1. The van der Waals surface area contributed by atoms with Gasteiger partial charge in [0.25, 0.3) is 5.91 Å². The van der Waals surface area contributed by atoms with E-state index in [1.165, 1.54) is 0 Å². The summed E-state index contributed by atoms with van der Waals surface area (Å²) in [5, 5.41) is 3.97. The molecule has 2 aromatic rings. The lowest BCUT2D eigenvalue weighted by Gasteiger charge is -2.20. The van der Waals surface area contributed by atoms with Crippen molar-refractivity contribution in [1.82, 2.24) is 0 Å². The molecule has 0 aromatic heterocycles. The van der Waals surface area contributed by atoms with Gasteiger partial charge in [-0.3, -0.25) is 9.59 Å². The van der Waals surface area contributed by atoms with Gasteiger partial charge in [-0.15, -0.1) is 0 Å². The number of rotatable bonds is 3. The third-order valence-corrected chi connectivity index (χ3v) is 4.48. The van der Waals surface area contributed by atoms with Gasteiger partial charge in [0.1, 0.15) is 0 Å². The van der Waals surface area contributed by atoms with Crippen molar-refractivity contribution in [2.45, 2.75) is 19.8 Å². The van der Waals surface area contributed by atoms with E-state index in [0.717, 1.165) is 12.0 Å². The van der Waals surface area contributed by atoms with Crippen LogP contribution in [0.5, 0.6) is 0 Å². The minimum Gasteiger partial charge on any atom is -0.322 e. The number of anilines is 2. The van der Waals surface area contributed by atoms with Crippen LogP contribution in [0.2, 0.25) is 10.0 Å². The third-order valence-electron chi connectivity index (χ3n) is 4.01. The van der Waals surface area contributed by atoms with Gasteiger partial charge in [-0.25, -0.2) is 0 Å². The topological polar surface area (TPSA) is 49.4 Å². The number of hydrogen-bond donors (Lipinski definition) is 1. The Labute approximate surface area is 150 Å². The summed E-state index contributed by atoms with van der Waals surface area (Å²) in [6, 6.07) is 10.2. The monoisotopic (exact) mass is 362 g/mol. The fraction of sp³-hybridized carbons (Fsp3) is 0.222. The molecule has 0 spiro atoms. The number of halogens is 2. The number of aryl methyl sites for hydroxylation is 1. The Morgan fingerprint density at radius 3 is 2.50 bits per heavy atom. The molecule has 1 fully saturated rings. The van der Waals surface area contributed by atoms with E-state index in [1.807, 2.05) is 6.92 Å². The summed E-state index contributed by atoms with van der Waals surface area (Å²) < 4.78 is 0. The molecule has 1 saturated heterocycles. The molecule has 0 radical (unpaired) electrons. The summed E-state index contributed by atoms with van der Waals surface area (Å²) in [6.45, 7) is 2.47. The summed E-state index contributed by atoms with van der Waals surface area (Å²) in [7, 11) is 0. The maximum Gasteiger partial charge on any atom is 0.257 e. The zero-order valence-corrected chi connectivity index (χ0v) is 14.6. The van der Waals surface area contributed by atoms with Gasteiger partial charge in [0.2, 0.25) is 5.91 Å². The largest absolute Gasteiger partial charge is 0.322 e. The predicted molar refractivity (Wildman–Crippen MR) is 97.2 cm³/mol. The van der Waals surface area contributed by atoms with E-state index in [4.69, 9.17) is 23.2 Å². The highest BCUT2D eigenvalue weighted by molar-refractivity contribution is 6.31. The zero-order valence-electron chi connectivity index (χ0n) is 13.1. The highest BCUT2D eigenvalue weighted by Gasteiger charge is 2.26. The first kappa shape index (κ1) is 16.8. The lowest BCUT2D eigenvalue weighted by Crippen LogP contribution is -2.27.